The third-order valence-electron chi connectivity index (χ3n) is 1.41. The summed E-state index contributed by atoms with van der Waals surface area (Å²) in [6.07, 6.45) is 8.04. The fourth-order valence-electron chi connectivity index (χ4n) is 0.918. The van der Waals surface area contributed by atoms with Gasteiger partial charge in [0.15, 0.2) is 0 Å². The molecular formula is C6H6. The van der Waals surface area contributed by atoms with Crippen LogP contribution in [0.4, 0.5) is 0 Å². The van der Waals surface area contributed by atoms with E-state index in [1.54, 1.807) is 5.57 Å². The molecule has 0 amide bonds. The Balaban J connectivity index is 2.42. The molecular weight excluding hydrogens is 72.1 g/mol. The van der Waals surface area contributed by atoms with Crippen molar-refractivity contribution in [1.29, 1.82) is 0 Å². The molecule has 0 N–H and O–H groups in total. The molecule has 0 heteroatoms. The molecule has 0 nitrogen and oxygen atoms in total. The highest BCUT2D eigenvalue weighted by Gasteiger charge is 2.23. The molecule has 0 heterocycles. The normalized spacial score (nSPS) is 36.0. The second-order valence-electron chi connectivity index (χ2n) is 1.91. The van der Waals surface area contributed by atoms with E-state index in [0.29, 0.717) is 0 Å². The number of rotatable bonds is 0. The Morgan fingerprint density at radius 2 is 2.67 bits per heavy atom. The molecule has 0 aliphatic heterocycles. The summed E-state index contributed by atoms with van der Waals surface area (Å²) >= 11 is 0. The quantitative estimate of drug-likeness (QED) is 0.412. The molecule has 0 aromatic carbocycles. The summed E-state index contributed by atoms with van der Waals surface area (Å²) in [6, 6.07) is 0. The van der Waals surface area contributed by atoms with Crippen molar-refractivity contribution in [3.05, 3.63) is 23.8 Å². The van der Waals surface area contributed by atoms with E-state index in [4.69, 9.17) is 0 Å². The zero-order valence-electron chi connectivity index (χ0n) is 3.52. The average Bonchev–Trinajstić information content (AvgIpc) is 2.17. The third-order valence-corrected chi connectivity index (χ3v) is 1.41. The SMILES string of the molecule is C1=CC2=C[C@@H]2C1. The minimum absolute atomic E-state index is 0.894. The van der Waals surface area contributed by atoms with Crippen molar-refractivity contribution >= 4 is 0 Å². The van der Waals surface area contributed by atoms with E-state index in [9.17, 15) is 0 Å². The number of hydrogen-bond acceptors (Lipinski definition) is 0. The summed E-state index contributed by atoms with van der Waals surface area (Å²) in [4.78, 5) is 0. The van der Waals surface area contributed by atoms with E-state index < -0.39 is 0 Å². The van der Waals surface area contributed by atoms with Crippen LogP contribution in [0.3, 0.4) is 0 Å². The summed E-state index contributed by atoms with van der Waals surface area (Å²) in [7, 11) is 0. The van der Waals surface area contributed by atoms with E-state index in [1.807, 2.05) is 0 Å². The standard InChI is InChI=1S/C6H6/c1-2-5-4-6(5)3-1/h1-2,4,6H,3H2/t6-/m0/s1. The first-order chi connectivity index (χ1) is 2.97. The fourth-order valence-corrected chi connectivity index (χ4v) is 0.918. The van der Waals surface area contributed by atoms with E-state index in [1.165, 1.54) is 6.42 Å². The van der Waals surface area contributed by atoms with Gasteiger partial charge in [-0.05, 0) is 12.0 Å². The zero-order chi connectivity index (χ0) is 3.98. The van der Waals surface area contributed by atoms with Gasteiger partial charge < -0.3 is 0 Å². The highest BCUT2D eigenvalue weighted by Crippen LogP contribution is 2.38. The predicted octanol–water partition coefficient (Wildman–Crippen LogP) is 1.50. The van der Waals surface area contributed by atoms with Gasteiger partial charge in [-0.25, -0.2) is 0 Å². The van der Waals surface area contributed by atoms with Crippen molar-refractivity contribution in [2.24, 2.45) is 5.92 Å². The zero-order valence-corrected chi connectivity index (χ0v) is 3.52. The summed E-state index contributed by atoms with van der Waals surface area (Å²) in [5.41, 5.74) is 1.56. The maximum absolute atomic E-state index is 2.31. The second kappa shape index (κ2) is 0.604. The van der Waals surface area contributed by atoms with Crippen LogP contribution in [0.5, 0.6) is 0 Å². The predicted molar refractivity (Wildman–Crippen MR) is 25.3 cm³/mol. The Hall–Kier alpha value is -0.520. The lowest BCUT2D eigenvalue weighted by Crippen LogP contribution is -1.63. The van der Waals surface area contributed by atoms with Crippen molar-refractivity contribution in [2.45, 2.75) is 6.42 Å². The molecule has 0 radical (unpaired) electrons. The minimum atomic E-state index is 0.894. The average molecular weight is 78.1 g/mol. The molecule has 2 aliphatic rings. The monoisotopic (exact) mass is 78.0 g/mol. The van der Waals surface area contributed by atoms with E-state index in [-0.39, 0.29) is 0 Å². The molecule has 0 saturated carbocycles. The van der Waals surface area contributed by atoms with Crippen LogP contribution in [0.2, 0.25) is 0 Å². The van der Waals surface area contributed by atoms with Gasteiger partial charge in [0.1, 0.15) is 0 Å². The number of allylic oxidation sites excluding steroid dienone is 4. The maximum atomic E-state index is 2.31. The van der Waals surface area contributed by atoms with Crippen molar-refractivity contribution in [3.63, 3.8) is 0 Å². The molecule has 0 bridgehead atoms. The molecule has 30 valence electrons. The number of hydrogen-bond donors (Lipinski definition) is 0. The van der Waals surface area contributed by atoms with Crippen LogP contribution in [0.25, 0.3) is 0 Å². The van der Waals surface area contributed by atoms with Gasteiger partial charge in [0.05, 0.1) is 0 Å². The largest absolute Gasteiger partial charge is 0.0833 e. The van der Waals surface area contributed by atoms with Crippen molar-refractivity contribution in [2.75, 3.05) is 0 Å². The molecule has 0 spiro atoms. The van der Waals surface area contributed by atoms with Crippen molar-refractivity contribution < 1.29 is 0 Å². The first-order valence-electron chi connectivity index (χ1n) is 2.35. The van der Waals surface area contributed by atoms with Gasteiger partial charge in [-0.3, -0.25) is 0 Å². The highest BCUT2D eigenvalue weighted by atomic mass is 14.3. The lowest BCUT2D eigenvalue weighted by atomic mass is 10.3. The molecule has 0 aromatic heterocycles. The summed E-state index contributed by atoms with van der Waals surface area (Å²) < 4.78 is 0. The van der Waals surface area contributed by atoms with Gasteiger partial charge in [0, 0.05) is 5.92 Å². The van der Waals surface area contributed by atoms with Crippen LogP contribution in [-0.2, 0) is 0 Å². The van der Waals surface area contributed by atoms with Crippen LogP contribution in [0.15, 0.2) is 23.8 Å². The summed E-state index contributed by atoms with van der Waals surface area (Å²) in [5.74, 6) is 0.894. The van der Waals surface area contributed by atoms with Gasteiger partial charge in [-0.2, -0.15) is 0 Å². The molecule has 0 fully saturated rings. The van der Waals surface area contributed by atoms with Gasteiger partial charge in [-0.15, -0.1) is 0 Å². The topological polar surface area (TPSA) is 0 Å². The first kappa shape index (κ1) is 2.62. The first-order valence-corrected chi connectivity index (χ1v) is 2.35. The molecule has 0 unspecified atom stereocenters. The highest BCUT2D eigenvalue weighted by molar-refractivity contribution is 5.44. The lowest BCUT2D eigenvalue weighted by molar-refractivity contribution is 0.955. The van der Waals surface area contributed by atoms with E-state index in [2.05, 4.69) is 18.2 Å². The van der Waals surface area contributed by atoms with Crippen LogP contribution >= 0.6 is 0 Å². The molecule has 0 aromatic rings. The van der Waals surface area contributed by atoms with E-state index in [0.717, 1.165) is 5.92 Å². The third kappa shape index (κ3) is 0.162. The Morgan fingerprint density at radius 1 is 1.67 bits per heavy atom. The Bertz CT molecular complexity index is 129. The second-order valence-corrected chi connectivity index (χ2v) is 1.91. The molecule has 0 saturated heterocycles. The maximum Gasteiger partial charge on any atom is 0.00555 e. The number of fused-ring (bicyclic) bond motifs is 1. The Kier molecular flexibility index (Phi) is 0.264. The fraction of sp³-hybridized carbons (Fsp3) is 0.333. The minimum Gasteiger partial charge on any atom is -0.0833 e. The van der Waals surface area contributed by atoms with E-state index >= 15 is 0 Å². The van der Waals surface area contributed by atoms with Crippen molar-refractivity contribution in [1.82, 2.24) is 0 Å². The van der Waals surface area contributed by atoms with Gasteiger partial charge in [-0.1, -0.05) is 18.2 Å². The van der Waals surface area contributed by atoms with Crippen molar-refractivity contribution in [3.8, 4) is 0 Å². The van der Waals surface area contributed by atoms with Crippen LogP contribution in [0, 0.1) is 5.92 Å². The Labute approximate surface area is 37.2 Å². The molecule has 2 aliphatic carbocycles. The molecule has 1 atom stereocenters. The Morgan fingerprint density at radius 3 is 2.83 bits per heavy atom. The van der Waals surface area contributed by atoms with Crippen LogP contribution in [0.1, 0.15) is 6.42 Å². The van der Waals surface area contributed by atoms with Gasteiger partial charge >= 0.3 is 0 Å². The summed E-state index contributed by atoms with van der Waals surface area (Å²) in [6.45, 7) is 0. The molecule has 6 heavy (non-hydrogen) atoms. The lowest BCUT2D eigenvalue weighted by Gasteiger charge is -1.74. The summed E-state index contributed by atoms with van der Waals surface area (Å²) in [5, 5.41) is 0. The smallest absolute Gasteiger partial charge is 0.00555 e. The van der Waals surface area contributed by atoms with Gasteiger partial charge in [0.25, 0.3) is 0 Å². The van der Waals surface area contributed by atoms with Crippen LogP contribution < -0.4 is 0 Å². The molecule has 2 rings (SSSR count). The van der Waals surface area contributed by atoms with Gasteiger partial charge in [0.2, 0.25) is 0 Å². The van der Waals surface area contributed by atoms with Crippen LogP contribution in [-0.4, -0.2) is 0 Å².